The van der Waals surface area contributed by atoms with Gasteiger partial charge in [0.2, 0.25) is 0 Å². The van der Waals surface area contributed by atoms with Crippen LogP contribution in [0.1, 0.15) is 6.92 Å². The highest BCUT2D eigenvalue weighted by Crippen LogP contribution is 2.32. The van der Waals surface area contributed by atoms with Crippen LogP contribution >= 0.6 is 22.0 Å². The van der Waals surface area contributed by atoms with Gasteiger partial charge < -0.3 is 0 Å². The van der Waals surface area contributed by atoms with Crippen LogP contribution in [0.4, 0.5) is 0 Å². The van der Waals surface area contributed by atoms with Gasteiger partial charge in [-0.2, -0.15) is 4.40 Å². The Kier molecular flexibility index (Phi) is 1.49. The molecule has 0 spiro atoms. The summed E-state index contributed by atoms with van der Waals surface area (Å²) in [5, 5.41) is 0. The molecule has 0 saturated heterocycles. The second kappa shape index (κ2) is 1.96. The largest absolute Gasteiger partial charge is 0.296 e. The molecule has 40 valence electrons. The summed E-state index contributed by atoms with van der Waals surface area (Å²) in [5.74, 6) is 1.09. The zero-order valence-electron chi connectivity index (χ0n) is 4.21. The summed E-state index contributed by atoms with van der Waals surface area (Å²) in [4.78, 5) is 0. The van der Waals surface area contributed by atoms with E-state index in [0.717, 1.165) is 5.84 Å². The van der Waals surface area contributed by atoms with Crippen LogP contribution in [0.5, 0.6) is 0 Å². The van der Waals surface area contributed by atoms with Crippen molar-refractivity contribution in [3.63, 3.8) is 0 Å². The van der Waals surface area contributed by atoms with Gasteiger partial charge in [0.1, 0.15) is 5.84 Å². The van der Waals surface area contributed by atoms with E-state index in [0.29, 0.717) is 0 Å². The van der Waals surface area contributed by atoms with Crippen molar-refractivity contribution in [1.29, 1.82) is 0 Å². The molecule has 1 aliphatic rings. The Labute approximate surface area is 51.0 Å². The van der Waals surface area contributed by atoms with Crippen LogP contribution in [0.25, 0.3) is 0 Å². The maximum absolute atomic E-state index is 4.04. The molecule has 0 aromatic heterocycles. The molecule has 0 amide bonds. The lowest BCUT2D eigenvalue weighted by molar-refractivity contribution is 0.855. The van der Waals surface area contributed by atoms with Crippen LogP contribution in [0.2, 0.25) is 0 Å². The van der Waals surface area contributed by atoms with E-state index in [9.17, 15) is 0 Å². The fraction of sp³-hybridized carbons (Fsp3) is 0.667. The van der Waals surface area contributed by atoms with Gasteiger partial charge in [-0.3, -0.25) is 4.31 Å². The molecule has 0 bridgehead atoms. The number of rotatable bonds is 0. The molecule has 0 radical (unpaired) electrons. The molecule has 0 saturated carbocycles. The Morgan fingerprint density at radius 3 is 2.57 bits per heavy atom. The van der Waals surface area contributed by atoms with Crippen LogP contribution in [0.15, 0.2) is 4.40 Å². The SMILES string of the molecule is CC1=NSSN1C. The molecule has 4 heteroatoms. The smallest absolute Gasteiger partial charge is 0.121 e. The Morgan fingerprint density at radius 1 is 1.71 bits per heavy atom. The van der Waals surface area contributed by atoms with Crippen LogP contribution < -0.4 is 0 Å². The summed E-state index contributed by atoms with van der Waals surface area (Å²) in [6.45, 7) is 1.99. The highest BCUT2D eigenvalue weighted by atomic mass is 33.1. The van der Waals surface area contributed by atoms with Gasteiger partial charge in [0.25, 0.3) is 0 Å². The van der Waals surface area contributed by atoms with Crippen molar-refractivity contribution in [3.8, 4) is 0 Å². The third kappa shape index (κ3) is 1.04. The Bertz CT molecular complexity index is 101. The van der Waals surface area contributed by atoms with E-state index in [-0.39, 0.29) is 0 Å². The van der Waals surface area contributed by atoms with Gasteiger partial charge in [0.15, 0.2) is 0 Å². The van der Waals surface area contributed by atoms with Crippen LogP contribution in [0.3, 0.4) is 0 Å². The van der Waals surface area contributed by atoms with E-state index in [1.807, 2.05) is 18.3 Å². The van der Waals surface area contributed by atoms with Crippen LogP contribution in [-0.4, -0.2) is 17.2 Å². The monoisotopic (exact) mass is 134 g/mol. The molecular weight excluding hydrogens is 128 g/mol. The van der Waals surface area contributed by atoms with Crippen molar-refractivity contribution in [2.24, 2.45) is 4.40 Å². The normalized spacial score (nSPS) is 20.3. The van der Waals surface area contributed by atoms with E-state index in [1.165, 1.54) is 11.0 Å². The lowest BCUT2D eigenvalue weighted by Crippen LogP contribution is -2.09. The molecule has 1 rings (SSSR count). The van der Waals surface area contributed by atoms with Crippen molar-refractivity contribution >= 4 is 27.8 Å². The first-order chi connectivity index (χ1) is 3.30. The first-order valence-electron chi connectivity index (χ1n) is 1.93. The standard InChI is InChI=1S/C3H6N2S2/c1-3-4-6-7-5(3)2/h1-2H3. The summed E-state index contributed by atoms with van der Waals surface area (Å²) in [7, 11) is 5.18. The minimum atomic E-state index is 1.09. The van der Waals surface area contributed by atoms with Crippen molar-refractivity contribution in [2.45, 2.75) is 6.92 Å². The first kappa shape index (κ1) is 5.31. The maximum atomic E-state index is 4.04. The maximum Gasteiger partial charge on any atom is 0.121 e. The van der Waals surface area contributed by atoms with E-state index >= 15 is 0 Å². The number of amidine groups is 1. The Hall–Kier alpha value is 0.170. The Balaban J connectivity index is 2.54. The van der Waals surface area contributed by atoms with Gasteiger partial charge in [0.05, 0.1) is 11.0 Å². The predicted molar refractivity (Wildman–Crippen MR) is 36.1 cm³/mol. The van der Waals surface area contributed by atoms with Gasteiger partial charge in [-0.1, -0.05) is 0 Å². The third-order valence-electron chi connectivity index (χ3n) is 0.770. The van der Waals surface area contributed by atoms with Crippen molar-refractivity contribution in [2.75, 3.05) is 7.05 Å². The second-order valence-electron chi connectivity index (χ2n) is 1.29. The topological polar surface area (TPSA) is 15.6 Å². The van der Waals surface area contributed by atoms with Crippen molar-refractivity contribution in [3.05, 3.63) is 0 Å². The van der Waals surface area contributed by atoms with E-state index < -0.39 is 0 Å². The zero-order chi connectivity index (χ0) is 5.28. The molecule has 0 N–H and O–H groups in total. The molecule has 0 atom stereocenters. The number of hydrogen-bond acceptors (Lipinski definition) is 4. The van der Waals surface area contributed by atoms with Crippen LogP contribution in [-0.2, 0) is 0 Å². The van der Waals surface area contributed by atoms with Gasteiger partial charge in [-0.25, -0.2) is 0 Å². The summed E-state index contributed by atoms with van der Waals surface area (Å²) < 4.78 is 6.07. The summed E-state index contributed by atoms with van der Waals surface area (Å²) in [6.07, 6.45) is 0. The van der Waals surface area contributed by atoms with Crippen molar-refractivity contribution in [1.82, 2.24) is 4.31 Å². The van der Waals surface area contributed by atoms with E-state index in [4.69, 9.17) is 0 Å². The average Bonchev–Trinajstić information content (AvgIpc) is 1.91. The fourth-order valence-corrected chi connectivity index (χ4v) is 1.84. The molecule has 0 fully saturated rings. The third-order valence-corrected chi connectivity index (χ3v) is 2.76. The molecule has 7 heavy (non-hydrogen) atoms. The summed E-state index contributed by atoms with van der Waals surface area (Å²) >= 11 is 0. The molecule has 2 nitrogen and oxygen atoms in total. The number of nitrogens with zero attached hydrogens (tertiary/aromatic N) is 2. The summed E-state index contributed by atoms with van der Waals surface area (Å²) in [6, 6.07) is 0. The minimum Gasteiger partial charge on any atom is -0.296 e. The highest BCUT2D eigenvalue weighted by molar-refractivity contribution is 8.75. The highest BCUT2D eigenvalue weighted by Gasteiger charge is 2.07. The first-order valence-corrected chi connectivity index (χ1v) is 3.99. The van der Waals surface area contributed by atoms with E-state index in [2.05, 4.69) is 4.40 Å². The lowest BCUT2D eigenvalue weighted by atomic mass is 10.7. The molecule has 0 aromatic carbocycles. The van der Waals surface area contributed by atoms with Gasteiger partial charge in [-0.15, -0.1) is 0 Å². The zero-order valence-corrected chi connectivity index (χ0v) is 5.84. The van der Waals surface area contributed by atoms with Gasteiger partial charge in [0, 0.05) is 18.0 Å². The molecule has 0 unspecified atom stereocenters. The molecule has 1 heterocycles. The van der Waals surface area contributed by atoms with Crippen LogP contribution in [0, 0.1) is 0 Å². The Morgan fingerprint density at radius 2 is 2.43 bits per heavy atom. The predicted octanol–water partition coefficient (Wildman–Crippen LogP) is 1.56. The fourth-order valence-electron chi connectivity index (χ4n) is 0.232. The lowest BCUT2D eigenvalue weighted by Gasteiger charge is -2.03. The molecule has 1 aliphatic heterocycles. The molecule has 0 aromatic rings. The van der Waals surface area contributed by atoms with Gasteiger partial charge in [-0.05, 0) is 6.92 Å². The quantitative estimate of drug-likeness (QED) is 0.369. The summed E-state index contributed by atoms with van der Waals surface area (Å²) in [5.41, 5.74) is 0. The van der Waals surface area contributed by atoms with Crippen molar-refractivity contribution < 1.29 is 0 Å². The van der Waals surface area contributed by atoms with E-state index in [1.54, 1.807) is 11.0 Å². The second-order valence-corrected chi connectivity index (χ2v) is 3.21. The van der Waals surface area contributed by atoms with Gasteiger partial charge >= 0.3 is 0 Å². The minimum absolute atomic E-state index is 1.09. The molecule has 0 aliphatic carbocycles. The number of hydrogen-bond donors (Lipinski definition) is 0. The average molecular weight is 134 g/mol. The molecular formula is C3H6N2S2.